The third-order valence-electron chi connectivity index (χ3n) is 2.42. The van der Waals surface area contributed by atoms with Gasteiger partial charge < -0.3 is 0 Å². The Labute approximate surface area is 112 Å². The monoisotopic (exact) mass is 332 g/mol. The summed E-state index contributed by atoms with van der Waals surface area (Å²) in [7, 11) is -3.29. The number of nitrogens with zero attached hydrogens (tertiary/aromatic N) is 2. The molecule has 0 atom stereocenters. The van der Waals surface area contributed by atoms with Crippen LogP contribution in [0, 0.1) is 5.82 Å². The van der Waals surface area contributed by atoms with Crippen molar-refractivity contribution in [2.75, 3.05) is 6.26 Å². The lowest BCUT2D eigenvalue weighted by atomic mass is 10.2. The van der Waals surface area contributed by atoms with Crippen molar-refractivity contribution >= 4 is 25.8 Å². The van der Waals surface area contributed by atoms with E-state index in [0.29, 0.717) is 16.6 Å². The smallest absolute Gasteiger partial charge is 0.178 e. The van der Waals surface area contributed by atoms with E-state index in [1.54, 1.807) is 6.07 Å². The van der Waals surface area contributed by atoms with Crippen LogP contribution >= 0.6 is 15.9 Å². The molecule has 18 heavy (non-hydrogen) atoms. The van der Waals surface area contributed by atoms with Crippen molar-refractivity contribution in [3.63, 3.8) is 0 Å². The van der Waals surface area contributed by atoms with Crippen LogP contribution in [-0.2, 0) is 15.2 Å². The second kappa shape index (κ2) is 4.81. The van der Waals surface area contributed by atoms with Gasteiger partial charge in [-0.25, -0.2) is 17.5 Å². The Morgan fingerprint density at radius 1 is 1.44 bits per heavy atom. The fourth-order valence-electron chi connectivity index (χ4n) is 1.51. The van der Waals surface area contributed by atoms with Gasteiger partial charge in [-0.3, -0.25) is 0 Å². The molecule has 4 nitrogen and oxygen atoms in total. The summed E-state index contributed by atoms with van der Waals surface area (Å²) in [5.74, 6) is -0.344. The molecule has 0 spiro atoms. The van der Waals surface area contributed by atoms with E-state index in [-0.39, 0.29) is 10.7 Å². The number of rotatable bonds is 3. The van der Waals surface area contributed by atoms with Gasteiger partial charge in [-0.2, -0.15) is 5.10 Å². The Bertz CT molecular complexity index is 682. The number of alkyl halides is 1. The van der Waals surface area contributed by atoms with Crippen molar-refractivity contribution in [3.05, 3.63) is 42.0 Å². The van der Waals surface area contributed by atoms with Gasteiger partial charge in [0.15, 0.2) is 9.84 Å². The highest BCUT2D eigenvalue weighted by Crippen LogP contribution is 2.19. The van der Waals surface area contributed by atoms with Crippen molar-refractivity contribution < 1.29 is 12.8 Å². The van der Waals surface area contributed by atoms with Crippen molar-refractivity contribution in [1.82, 2.24) is 9.78 Å². The summed E-state index contributed by atoms with van der Waals surface area (Å²) in [6, 6.07) is 4.25. The number of hydrogen-bond acceptors (Lipinski definition) is 3. The molecular weight excluding hydrogens is 323 g/mol. The first-order valence-electron chi connectivity index (χ1n) is 5.01. The summed E-state index contributed by atoms with van der Waals surface area (Å²) >= 11 is 3.26. The summed E-state index contributed by atoms with van der Waals surface area (Å²) in [5.41, 5.74) is 1.33. The number of hydrogen-bond donors (Lipinski definition) is 0. The topological polar surface area (TPSA) is 52.0 Å². The molecule has 0 aliphatic heterocycles. The molecule has 0 bridgehead atoms. The summed E-state index contributed by atoms with van der Waals surface area (Å²) in [4.78, 5) is 0.132. The van der Waals surface area contributed by atoms with E-state index in [1.807, 2.05) is 0 Å². The van der Waals surface area contributed by atoms with Gasteiger partial charge in [-0.1, -0.05) is 15.9 Å². The lowest BCUT2D eigenvalue weighted by Gasteiger charge is -2.06. The molecule has 0 fully saturated rings. The van der Waals surface area contributed by atoms with Gasteiger partial charge in [-0.15, -0.1) is 0 Å². The first-order chi connectivity index (χ1) is 8.41. The summed E-state index contributed by atoms with van der Waals surface area (Å²) < 4.78 is 37.2. The first-order valence-corrected chi connectivity index (χ1v) is 8.02. The average Bonchev–Trinajstić information content (AvgIpc) is 2.77. The minimum atomic E-state index is -3.29. The van der Waals surface area contributed by atoms with Gasteiger partial charge in [-0.05, 0) is 23.8 Å². The number of aromatic nitrogens is 2. The molecule has 1 aromatic carbocycles. The molecule has 0 aliphatic carbocycles. The maximum absolute atomic E-state index is 13.1. The van der Waals surface area contributed by atoms with Gasteiger partial charge in [0.25, 0.3) is 0 Å². The predicted octanol–water partition coefficient (Wildman–Crippen LogP) is 2.31. The van der Waals surface area contributed by atoms with E-state index in [1.165, 1.54) is 29.2 Å². The maximum Gasteiger partial charge on any atom is 0.178 e. The van der Waals surface area contributed by atoms with Crippen LogP contribution in [0.5, 0.6) is 0 Å². The fourth-order valence-corrected chi connectivity index (χ4v) is 2.49. The normalized spacial score (nSPS) is 11.7. The number of sulfone groups is 1. The van der Waals surface area contributed by atoms with Crippen LogP contribution in [0.1, 0.15) is 5.56 Å². The Kier molecular flexibility index (Phi) is 3.54. The van der Waals surface area contributed by atoms with Crippen molar-refractivity contribution in [1.29, 1.82) is 0 Å². The minimum Gasteiger partial charge on any atom is -0.239 e. The molecule has 0 radical (unpaired) electrons. The maximum atomic E-state index is 13.1. The molecule has 2 aromatic rings. The highest BCUT2D eigenvalue weighted by Gasteiger charge is 2.12. The van der Waals surface area contributed by atoms with Gasteiger partial charge >= 0.3 is 0 Å². The van der Waals surface area contributed by atoms with Crippen LogP contribution in [0.25, 0.3) is 5.69 Å². The first kappa shape index (κ1) is 13.2. The molecule has 0 aliphatic rings. The zero-order valence-corrected chi connectivity index (χ0v) is 11.9. The summed E-state index contributed by atoms with van der Waals surface area (Å²) in [6.45, 7) is 0. The molecular formula is C11H10BrFN2O2S. The van der Waals surface area contributed by atoms with Crippen LogP contribution in [0.4, 0.5) is 4.39 Å². The fraction of sp³-hybridized carbons (Fsp3) is 0.182. The Morgan fingerprint density at radius 3 is 2.72 bits per heavy atom. The van der Waals surface area contributed by atoms with E-state index < -0.39 is 9.84 Å². The standard InChI is InChI=1S/C11H10BrFN2O2S/c1-18(16,17)10-6-14-15(7-10)11-3-2-9(13)4-8(11)5-12/h2-4,6-7H,5H2,1H3. The van der Waals surface area contributed by atoms with Crippen molar-refractivity contribution in [2.24, 2.45) is 0 Å². The molecule has 0 amide bonds. The molecule has 0 unspecified atom stereocenters. The largest absolute Gasteiger partial charge is 0.239 e. The zero-order valence-electron chi connectivity index (χ0n) is 9.47. The van der Waals surface area contributed by atoms with Crippen molar-refractivity contribution in [3.8, 4) is 5.69 Å². The van der Waals surface area contributed by atoms with Crippen molar-refractivity contribution in [2.45, 2.75) is 10.2 Å². The molecule has 0 saturated heterocycles. The van der Waals surface area contributed by atoms with E-state index in [9.17, 15) is 12.8 Å². The molecule has 0 saturated carbocycles. The molecule has 1 aromatic heterocycles. The third-order valence-corrected chi connectivity index (χ3v) is 4.09. The summed E-state index contributed by atoms with van der Waals surface area (Å²) in [5, 5.41) is 4.44. The highest BCUT2D eigenvalue weighted by molar-refractivity contribution is 9.08. The minimum absolute atomic E-state index is 0.132. The Balaban J connectivity index is 2.53. The molecule has 0 N–H and O–H groups in total. The third kappa shape index (κ3) is 2.62. The van der Waals surface area contributed by atoms with E-state index in [0.717, 1.165) is 6.26 Å². The Hall–Kier alpha value is -1.21. The second-order valence-electron chi connectivity index (χ2n) is 3.80. The average molecular weight is 333 g/mol. The van der Waals surface area contributed by atoms with Gasteiger partial charge in [0, 0.05) is 17.8 Å². The molecule has 1 heterocycles. The summed E-state index contributed by atoms with van der Waals surface area (Å²) in [6.07, 6.45) is 3.80. The van der Waals surface area contributed by atoms with Crippen LogP contribution in [0.3, 0.4) is 0 Å². The highest BCUT2D eigenvalue weighted by atomic mass is 79.9. The van der Waals surface area contributed by atoms with Crippen LogP contribution in [0.2, 0.25) is 0 Å². The Morgan fingerprint density at radius 2 is 2.17 bits per heavy atom. The van der Waals surface area contributed by atoms with Crippen LogP contribution in [0.15, 0.2) is 35.5 Å². The SMILES string of the molecule is CS(=O)(=O)c1cnn(-c2ccc(F)cc2CBr)c1. The predicted molar refractivity (Wildman–Crippen MR) is 69.3 cm³/mol. The van der Waals surface area contributed by atoms with Gasteiger partial charge in [0.05, 0.1) is 11.9 Å². The lowest BCUT2D eigenvalue weighted by Crippen LogP contribution is -2.00. The van der Waals surface area contributed by atoms with Gasteiger partial charge in [0.2, 0.25) is 0 Å². The van der Waals surface area contributed by atoms with Crippen LogP contribution in [-0.4, -0.2) is 24.5 Å². The van der Waals surface area contributed by atoms with E-state index in [2.05, 4.69) is 21.0 Å². The molecule has 96 valence electrons. The molecule has 7 heteroatoms. The zero-order chi connectivity index (χ0) is 13.3. The van der Waals surface area contributed by atoms with E-state index in [4.69, 9.17) is 0 Å². The van der Waals surface area contributed by atoms with Crippen LogP contribution < -0.4 is 0 Å². The number of halogens is 2. The number of benzene rings is 1. The van der Waals surface area contributed by atoms with E-state index >= 15 is 0 Å². The quantitative estimate of drug-likeness (QED) is 0.810. The lowest BCUT2D eigenvalue weighted by molar-refractivity contribution is 0.602. The van der Waals surface area contributed by atoms with Gasteiger partial charge in [0.1, 0.15) is 10.7 Å². The second-order valence-corrected chi connectivity index (χ2v) is 6.38. The molecule has 2 rings (SSSR count).